The summed E-state index contributed by atoms with van der Waals surface area (Å²) in [6, 6.07) is 21.2. The second kappa shape index (κ2) is 7.52. The summed E-state index contributed by atoms with van der Waals surface area (Å²) in [5.74, 6) is 1.08. The maximum atomic E-state index is 2.86. The van der Waals surface area contributed by atoms with E-state index in [-0.39, 0.29) is 10.8 Å². The summed E-state index contributed by atoms with van der Waals surface area (Å²) in [5.41, 5.74) is 13.3. The first kappa shape index (κ1) is 23.4. The number of hydrogen-bond acceptors (Lipinski definition) is 4. The van der Waals surface area contributed by atoms with Crippen molar-refractivity contribution in [2.24, 2.45) is 11.8 Å². The van der Waals surface area contributed by atoms with Crippen LogP contribution in [0.15, 0.2) is 95.4 Å². The summed E-state index contributed by atoms with van der Waals surface area (Å²) in [6.45, 7) is 9.33. The van der Waals surface area contributed by atoms with Crippen LogP contribution in [0.1, 0.15) is 50.7 Å². The number of nitrogens with zero attached hydrogens (tertiary/aromatic N) is 4. The maximum Gasteiger partial charge on any atom is 0.0681 e. The molecule has 0 aromatic heterocycles. The molecule has 2 unspecified atom stereocenters. The van der Waals surface area contributed by atoms with E-state index in [0.717, 1.165) is 13.1 Å². The summed E-state index contributed by atoms with van der Waals surface area (Å²) < 4.78 is 0. The van der Waals surface area contributed by atoms with Gasteiger partial charge in [-0.15, -0.1) is 0 Å². The fraction of sp³-hybridized carbons (Fsp3) is 0.474. The number of para-hydroxylation sites is 2. The van der Waals surface area contributed by atoms with Crippen LogP contribution >= 0.6 is 0 Å². The number of fused-ring (bicyclic) bond motifs is 8. The molecule has 6 fully saturated rings. The third-order valence-corrected chi connectivity index (χ3v) is 13.9. The van der Waals surface area contributed by atoms with Crippen molar-refractivity contribution in [2.45, 2.75) is 74.5 Å². The Bertz CT molecular complexity index is 1590. The standard InChI is InChI=1S/C38H40N4/c1-3-23-19-39-15-13-37-29-9-5-8-12-32(29)42-22-28-26-18-34-38(14-16-40(34)20-24(26)4-2)30-10-6-7-11-31(30)41(36(28)38)21-27(35(37)42)25(23)17-33(37)39/h3-12,21-22,25-26,33-36H,13-20H2,1-2H3/b23-3+,24-4+,27-21-,28-22-/t25-,26-,33-,34-,35-,36-,37?,38?/m0/s1. The van der Waals surface area contributed by atoms with Crippen LogP contribution in [0.3, 0.4) is 0 Å². The molecule has 2 saturated carbocycles. The van der Waals surface area contributed by atoms with Gasteiger partial charge in [-0.2, -0.15) is 0 Å². The fourth-order valence-corrected chi connectivity index (χ4v) is 12.5. The zero-order valence-corrected chi connectivity index (χ0v) is 24.8. The molecule has 8 atom stereocenters. The second-order valence-electron chi connectivity index (χ2n) is 14.8. The lowest BCUT2D eigenvalue weighted by Gasteiger charge is -2.57. The molecule has 42 heavy (non-hydrogen) atoms. The number of piperidine rings is 2. The van der Waals surface area contributed by atoms with Crippen LogP contribution in [-0.4, -0.2) is 60.1 Å². The summed E-state index contributed by atoms with van der Waals surface area (Å²) in [6.07, 6.45) is 15.5. The maximum absolute atomic E-state index is 2.86. The third-order valence-electron chi connectivity index (χ3n) is 13.9. The van der Waals surface area contributed by atoms with E-state index in [1.165, 1.54) is 50.1 Å². The zero-order chi connectivity index (χ0) is 27.5. The molecular weight excluding hydrogens is 512 g/mol. The van der Waals surface area contributed by atoms with E-state index in [0.29, 0.717) is 36.0 Å². The Morgan fingerprint density at radius 2 is 1.10 bits per heavy atom. The van der Waals surface area contributed by atoms with Gasteiger partial charge in [-0.1, -0.05) is 59.7 Å². The summed E-state index contributed by atoms with van der Waals surface area (Å²) in [7, 11) is 0. The Hall–Kier alpha value is -3.08. The molecule has 2 spiro atoms. The van der Waals surface area contributed by atoms with E-state index < -0.39 is 0 Å². The molecule has 11 rings (SSSR count). The third kappa shape index (κ3) is 2.33. The lowest BCUT2D eigenvalue weighted by atomic mass is 9.56. The van der Waals surface area contributed by atoms with Crippen molar-refractivity contribution in [1.29, 1.82) is 0 Å². The SMILES string of the molecule is C/C=C1\CN2CCC34c5ccccc5N5/C=C6/[C@H]7C[C@@H]8N(CCC89c8ccccc8N(/C=C(/[C@H]1C[C@H]23)[C@H]54)[C@@H]69)C/C7=C\C. The molecule has 7 aliphatic heterocycles. The lowest BCUT2D eigenvalue weighted by molar-refractivity contribution is 0.122. The molecule has 2 aromatic rings. The minimum Gasteiger partial charge on any atom is -0.339 e. The van der Waals surface area contributed by atoms with Crippen LogP contribution in [0.2, 0.25) is 0 Å². The highest BCUT2D eigenvalue weighted by Gasteiger charge is 2.69. The van der Waals surface area contributed by atoms with E-state index in [1.807, 2.05) is 0 Å². The van der Waals surface area contributed by atoms with Gasteiger partial charge in [0.05, 0.1) is 12.1 Å². The van der Waals surface area contributed by atoms with Gasteiger partial charge in [-0.25, -0.2) is 0 Å². The average molecular weight is 553 g/mol. The molecule has 0 radical (unpaired) electrons. The topological polar surface area (TPSA) is 13.0 Å². The van der Waals surface area contributed by atoms with Gasteiger partial charge in [0, 0.05) is 71.6 Å². The van der Waals surface area contributed by atoms with Crippen LogP contribution in [0, 0.1) is 11.8 Å². The Kier molecular flexibility index (Phi) is 4.19. The highest BCUT2D eigenvalue weighted by atomic mass is 15.3. The van der Waals surface area contributed by atoms with E-state index in [1.54, 1.807) is 33.4 Å². The van der Waals surface area contributed by atoms with Gasteiger partial charge in [-0.3, -0.25) is 9.80 Å². The monoisotopic (exact) mass is 552 g/mol. The Labute approximate surface area is 249 Å². The van der Waals surface area contributed by atoms with Gasteiger partial charge >= 0.3 is 0 Å². The Balaban J connectivity index is 1.25. The largest absolute Gasteiger partial charge is 0.339 e. The van der Waals surface area contributed by atoms with Crippen molar-refractivity contribution in [3.63, 3.8) is 0 Å². The smallest absolute Gasteiger partial charge is 0.0681 e. The van der Waals surface area contributed by atoms with Crippen molar-refractivity contribution < 1.29 is 0 Å². The van der Waals surface area contributed by atoms with E-state index in [2.05, 4.69) is 107 Å². The molecule has 4 bridgehead atoms. The van der Waals surface area contributed by atoms with Gasteiger partial charge in [0.25, 0.3) is 0 Å². The lowest BCUT2D eigenvalue weighted by Crippen LogP contribution is -2.63. The summed E-state index contributed by atoms with van der Waals surface area (Å²) in [5, 5.41) is 0. The van der Waals surface area contributed by atoms with E-state index in [9.17, 15) is 0 Å². The Morgan fingerprint density at radius 3 is 1.55 bits per heavy atom. The van der Waals surface area contributed by atoms with Crippen molar-refractivity contribution in [1.82, 2.24) is 9.80 Å². The molecule has 4 nitrogen and oxygen atoms in total. The van der Waals surface area contributed by atoms with Crippen molar-refractivity contribution in [3.8, 4) is 0 Å². The molecular formula is C38H40N4. The van der Waals surface area contributed by atoms with Crippen LogP contribution in [0.25, 0.3) is 0 Å². The number of rotatable bonds is 0. The normalized spacial score (nSPS) is 46.0. The van der Waals surface area contributed by atoms with Crippen LogP contribution in [0.5, 0.6) is 0 Å². The Morgan fingerprint density at radius 1 is 0.643 bits per heavy atom. The molecule has 212 valence electrons. The second-order valence-corrected chi connectivity index (χ2v) is 14.8. The minimum absolute atomic E-state index is 0.177. The fourth-order valence-electron chi connectivity index (χ4n) is 12.5. The summed E-state index contributed by atoms with van der Waals surface area (Å²) in [4.78, 5) is 11.4. The summed E-state index contributed by atoms with van der Waals surface area (Å²) >= 11 is 0. The quantitative estimate of drug-likeness (QED) is 0.365. The number of anilines is 2. The molecule has 7 heterocycles. The van der Waals surface area contributed by atoms with E-state index in [4.69, 9.17) is 0 Å². The van der Waals surface area contributed by atoms with Gasteiger partial charge in [0.15, 0.2) is 0 Å². The van der Waals surface area contributed by atoms with Crippen molar-refractivity contribution in [2.75, 3.05) is 36.0 Å². The molecule has 0 N–H and O–H groups in total. The van der Waals surface area contributed by atoms with Crippen molar-refractivity contribution >= 4 is 11.4 Å². The van der Waals surface area contributed by atoms with Gasteiger partial charge in [-0.05, 0) is 87.0 Å². The first-order valence-corrected chi connectivity index (χ1v) is 16.7. The number of hydrogen-bond donors (Lipinski definition) is 0. The first-order chi connectivity index (χ1) is 20.7. The molecule has 2 aromatic carbocycles. The van der Waals surface area contributed by atoms with E-state index >= 15 is 0 Å². The van der Waals surface area contributed by atoms with Crippen LogP contribution < -0.4 is 9.80 Å². The number of allylic oxidation sites excluding steroid dienone is 2. The molecule has 4 heteroatoms. The molecule has 2 aliphatic carbocycles. The van der Waals surface area contributed by atoms with Gasteiger partial charge in [0.1, 0.15) is 0 Å². The van der Waals surface area contributed by atoms with Gasteiger partial charge < -0.3 is 9.80 Å². The highest BCUT2D eigenvalue weighted by molar-refractivity contribution is 5.77. The van der Waals surface area contributed by atoms with Crippen molar-refractivity contribution in [3.05, 3.63) is 107 Å². The number of benzene rings is 2. The average Bonchev–Trinajstić information content (AvgIpc) is 3.75. The zero-order valence-electron chi connectivity index (χ0n) is 24.8. The molecule has 0 amide bonds. The van der Waals surface area contributed by atoms with Crippen LogP contribution in [0.4, 0.5) is 11.4 Å². The molecule has 4 saturated heterocycles. The molecule has 9 aliphatic rings. The predicted molar refractivity (Wildman–Crippen MR) is 169 cm³/mol. The first-order valence-electron chi connectivity index (χ1n) is 16.7. The van der Waals surface area contributed by atoms with Gasteiger partial charge in [0.2, 0.25) is 0 Å². The highest BCUT2D eigenvalue weighted by Crippen LogP contribution is 2.67. The van der Waals surface area contributed by atoms with Crippen LogP contribution in [-0.2, 0) is 10.8 Å². The predicted octanol–water partition coefficient (Wildman–Crippen LogP) is 6.13. The minimum atomic E-state index is 0.177.